The Bertz CT molecular complexity index is 2020. The van der Waals surface area contributed by atoms with Gasteiger partial charge in [0.2, 0.25) is 17.7 Å². The highest BCUT2D eigenvalue weighted by Gasteiger charge is 2.43. The number of hydrogen-bond acceptors (Lipinski definition) is 20. The Morgan fingerprint density at radius 3 is 2.48 bits per heavy atom. The fourth-order valence-electron chi connectivity index (χ4n) is 7.05. The van der Waals surface area contributed by atoms with Gasteiger partial charge in [-0.15, -0.1) is 22.7 Å². The number of H-pyrrole nitrogens is 1. The topological polar surface area (TPSA) is 335 Å². The van der Waals surface area contributed by atoms with Crippen LogP contribution in [-0.2, 0) is 39.8 Å². The van der Waals surface area contributed by atoms with Crippen LogP contribution in [0.4, 0.5) is 0 Å². The van der Waals surface area contributed by atoms with Crippen LogP contribution in [0, 0.1) is 11.8 Å². The first-order valence-corrected chi connectivity index (χ1v) is 23.0. The Morgan fingerprint density at radius 2 is 1.83 bits per heavy atom. The van der Waals surface area contributed by atoms with Crippen LogP contribution < -0.4 is 27.0 Å². The molecule has 2 aliphatic rings. The Morgan fingerprint density at radius 1 is 1.06 bits per heavy atom. The molecule has 24 heteroatoms. The van der Waals surface area contributed by atoms with Gasteiger partial charge in [0.1, 0.15) is 47.5 Å². The van der Waals surface area contributed by atoms with Crippen molar-refractivity contribution in [1.29, 1.82) is 0 Å². The summed E-state index contributed by atoms with van der Waals surface area (Å²) >= 11 is 2.73. The van der Waals surface area contributed by atoms with Crippen molar-refractivity contribution < 1.29 is 63.7 Å². The average molecular weight is 952 g/mol. The Balaban J connectivity index is 1.22. The van der Waals surface area contributed by atoms with Crippen LogP contribution in [0.3, 0.4) is 0 Å². The lowest BCUT2D eigenvalue weighted by Gasteiger charge is -2.40. The lowest BCUT2D eigenvalue weighted by atomic mass is 9.94. The van der Waals surface area contributed by atoms with Gasteiger partial charge in [-0.05, 0) is 19.0 Å². The van der Waals surface area contributed by atoms with E-state index in [9.17, 15) is 44.7 Å². The van der Waals surface area contributed by atoms with E-state index in [1.54, 1.807) is 26.2 Å². The zero-order chi connectivity index (χ0) is 47.4. The van der Waals surface area contributed by atoms with Gasteiger partial charge in [-0.2, -0.15) is 0 Å². The van der Waals surface area contributed by atoms with Gasteiger partial charge in [-0.25, -0.2) is 15.0 Å². The summed E-state index contributed by atoms with van der Waals surface area (Å²) in [6.45, 7) is 7.79. The zero-order valence-electron chi connectivity index (χ0n) is 36.8. The van der Waals surface area contributed by atoms with Crippen LogP contribution in [0.5, 0.6) is 0 Å². The van der Waals surface area contributed by atoms with Crippen LogP contribution in [0.2, 0.25) is 0 Å². The summed E-state index contributed by atoms with van der Waals surface area (Å²) in [6, 6.07) is -3.42. The molecule has 0 spiro atoms. The molecule has 0 saturated carbocycles. The Kier molecular flexibility index (Phi) is 19.0. The molecule has 0 bridgehead atoms. The number of ketones is 1. The SMILES string of the molecule is CC(=O)c1csc(-c2csc(CCNC(=O)[C@@H](NC(O)[C@@H](C)[C@H](O)[C@@H](C)NC(=O)[C@@H](NC(=O)C/C=C/N)[C@@H](O[C@@H]3OC[C@@H](O)C[C@H]3OC3CCC(O)(O)CO3)c3cnc[nH]3)C(C)C)n2)n1. The molecule has 3 amide bonds. The number of carbonyl (C=O) groups excluding carboxylic acids is 4. The number of Topliss-reactive ketones (excluding diaryl/α,β-unsaturated/α-hetero) is 1. The van der Waals surface area contributed by atoms with Crippen LogP contribution in [-0.4, -0.2) is 150 Å². The van der Waals surface area contributed by atoms with E-state index >= 15 is 0 Å². The molecule has 0 aliphatic carbocycles. The number of aromatic amines is 1. The molecule has 3 aromatic rings. The number of nitrogens with zero attached hydrogens (tertiary/aromatic N) is 3. The van der Waals surface area contributed by atoms with E-state index in [-0.39, 0.29) is 62.1 Å². The smallest absolute Gasteiger partial charge is 0.246 e. The lowest BCUT2D eigenvalue weighted by Crippen LogP contribution is -2.58. The van der Waals surface area contributed by atoms with Crippen molar-refractivity contribution in [2.24, 2.45) is 17.6 Å². The van der Waals surface area contributed by atoms with Gasteiger partial charge in [0.25, 0.3) is 0 Å². The highest BCUT2D eigenvalue weighted by molar-refractivity contribution is 7.14. The molecule has 0 aromatic carbocycles. The number of rotatable bonds is 23. The molecular formula is C41H61N9O13S2. The minimum atomic E-state index is -2.02. The number of nitrogens with one attached hydrogen (secondary N) is 5. The van der Waals surface area contributed by atoms with E-state index in [0.717, 1.165) is 5.01 Å². The summed E-state index contributed by atoms with van der Waals surface area (Å²) < 4.78 is 23.8. The fraction of sp³-hybridized carbons (Fsp3) is 0.634. The van der Waals surface area contributed by atoms with Crippen molar-refractivity contribution in [3.8, 4) is 10.7 Å². The summed E-state index contributed by atoms with van der Waals surface area (Å²) in [5.74, 6) is -5.19. The third-order valence-electron chi connectivity index (χ3n) is 10.8. The van der Waals surface area contributed by atoms with Crippen molar-refractivity contribution in [2.75, 3.05) is 19.8 Å². The normalized spacial score (nSPS) is 23.2. The number of aromatic nitrogens is 4. The molecular weight excluding hydrogens is 891 g/mol. The number of nitrogens with two attached hydrogens (primary N) is 1. The molecule has 0 radical (unpaired) electrons. The van der Waals surface area contributed by atoms with Gasteiger partial charge in [0, 0.05) is 62.3 Å². The van der Waals surface area contributed by atoms with Crippen LogP contribution in [0.1, 0.15) is 87.6 Å². The van der Waals surface area contributed by atoms with Crippen molar-refractivity contribution in [3.05, 3.63) is 52.0 Å². The average Bonchev–Trinajstić information content (AvgIpc) is 4.07. The lowest BCUT2D eigenvalue weighted by molar-refractivity contribution is -0.327. The minimum Gasteiger partial charge on any atom is -0.405 e. The maximum atomic E-state index is 14.3. The molecule has 65 heavy (non-hydrogen) atoms. The molecule has 360 valence electrons. The number of carbonyl (C=O) groups is 4. The predicted molar refractivity (Wildman–Crippen MR) is 234 cm³/mol. The predicted octanol–water partition coefficient (Wildman–Crippen LogP) is -0.300. The molecule has 5 heterocycles. The van der Waals surface area contributed by atoms with Gasteiger partial charge < -0.3 is 71.1 Å². The molecule has 3 aromatic heterocycles. The molecule has 2 saturated heterocycles. The van der Waals surface area contributed by atoms with Crippen molar-refractivity contribution in [3.63, 3.8) is 0 Å². The van der Waals surface area contributed by atoms with Gasteiger partial charge >= 0.3 is 0 Å². The summed E-state index contributed by atoms with van der Waals surface area (Å²) in [7, 11) is 0. The van der Waals surface area contributed by atoms with Gasteiger partial charge in [-0.3, -0.25) is 24.5 Å². The number of amides is 3. The van der Waals surface area contributed by atoms with E-state index in [1.165, 1.54) is 61.3 Å². The summed E-state index contributed by atoms with van der Waals surface area (Å²) in [5, 5.41) is 69.2. The highest BCUT2D eigenvalue weighted by Crippen LogP contribution is 2.31. The molecule has 5 rings (SSSR count). The number of aliphatic hydroxyl groups is 5. The van der Waals surface area contributed by atoms with E-state index in [4.69, 9.17) is 24.7 Å². The van der Waals surface area contributed by atoms with Crippen molar-refractivity contribution in [1.82, 2.24) is 41.2 Å². The Hall–Kier alpha value is -4.31. The number of aliphatic hydroxyl groups excluding tert-OH is 3. The second-order valence-corrected chi connectivity index (χ2v) is 18.3. The second kappa shape index (κ2) is 23.9. The maximum absolute atomic E-state index is 14.3. The summed E-state index contributed by atoms with van der Waals surface area (Å²) in [5.41, 5.74) is 6.74. The van der Waals surface area contributed by atoms with Crippen LogP contribution in [0.15, 0.2) is 35.6 Å². The monoisotopic (exact) mass is 951 g/mol. The largest absolute Gasteiger partial charge is 0.405 e. The fourth-order valence-corrected chi connectivity index (χ4v) is 8.73. The molecule has 2 unspecified atom stereocenters. The van der Waals surface area contributed by atoms with Gasteiger partial charge in [-0.1, -0.05) is 26.8 Å². The van der Waals surface area contributed by atoms with Crippen molar-refractivity contribution in [2.45, 2.75) is 134 Å². The number of hydrogen-bond donors (Lipinski definition) is 11. The van der Waals surface area contributed by atoms with Crippen LogP contribution in [0.25, 0.3) is 10.7 Å². The summed E-state index contributed by atoms with van der Waals surface area (Å²) in [4.78, 5) is 68.4. The van der Waals surface area contributed by atoms with E-state index in [1.807, 2.05) is 5.38 Å². The first-order chi connectivity index (χ1) is 30.8. The second-order valence-electron chi connectivity index (χ2n) is 16.5. The first-order valence-electron chi connectivity index (χ1n) is 21.3. The molecule has 22 nitrogen and oxygen atoms in total. The number of imidazole rings is 1. The third-order valence-corrected chi connectivity index (χ3v) is 12.6. The molecule has 2 fully saturated rings. The number of ether oxygens (including phenoxy) is 4. The number of thiazole rings is 2. The maximum Gasteiger partial charge on any atom is 0.246 e. The third kappa shape index (κ3) is 14.8. The van der Waals surface area contributed by atoms with E-state index in [2.05, 4.69) is 41.2 Å². The van der Waals surface area contributed by atoms with Crippen LogP contribution >= 0.6 is 22.7 Å². The quantitative estimate of drug-likeness (QED) is 0.0429. The van der Waals surface area contributed by atoms with E-state index < -0.39 is 91.5 Å². The molecule has 12 N–H and O–H groups in total. The standard InChI is InChI=1S/C41H61N9O13S2/c1-20(2)32(37(56)44-12-9-30-47-27(17-64-30)39-48-26(16-65-39)23(5)51)50-36(55)21(3)34(54)22(4)46-38(57)33(49-29(53)7-6-11-42)35(25-14-43-19-45-25)63-40-28(13-24(52)15-60-40)62-31-8-10-41(58,59)18-61-31/h6,11,14,16-17,19-22,24,28,31-36,40,50,52,54-55,58-59H,7-10,12-13,15,18,42H2,1-5H3,(H,43,45)(H,44,56)(H,46,57)(H,49,53)/b11-6+/t21-,22+,24-,28+,31?,32-,33-,34-,35-,36?,40-/m0/s1. The van der Waals surface area contributed by atoms with E-state index in [0.29, 0.717) is 22.8 Å². The Labute approximate surface area is 383 Å². The van der Waals surface area contributed by atoms with Gasteiger partial charge in [0.15, 0.2) is 24.2 Å². The zero-order valence-corrected chi connectivity index (χ0v) is 38.4. The van der Waals surface area contributed by atoms with Crippen molar-refractivity contribution >= 4 is 46.2 Å². The first kappa shape index (κ1) is 51.7. The minimum absolute atomic E-state index is 0.0259. The highest BCUT2D eigenvalue weighted by atomic mass is 32.1. The molecule has 11 atom stereocenters. The summed E-state index contributed by atoms with van der Waals surface area (Å²) in [6.07, 6.45) is -2.62. The molecule has 2 aliphatic heterocycles. The van der Waals surface area contributed by atoms with Gasteiger partial charge in [0.05, 0.1) is 54.1 Å².